The second-order valence-corrected chi connectivity index (χ2v) is 11.1. The molecule has 3 aromatic carbocycles. The average Bonchev–Trinajstić information content (AvgIpc) is 3.25. The van der Waals surface area contributed by atoms with E-state index >= 15 is 0 Å². The number of fused-ring (bicyclic) bond motifs is 2. The molecule has 1 spiro atoms. The maximum atomic E-state index is 13.2. The standard InChI is InChI=1S/C33H34N4O3/c1-23-13-14-26(17-24(23)2)19-37-22-33(28-18-29(34-35-31(28)37)27-11-6-7-12-30(27)38)15-8-16-36(21-33)32(39)40-20-25-9-4-3-5-10-25/h3-7,9-14,17-18,38H,8,15-16,19-22H2,1-2H3. The van der Waals surface area contributed by atoms with E-state index in [2.05, 4.69) is 48.1 Å². The summed E-state index contributed by atoms with van der Waals surface area (Å²) in [4.78, 5) is 17.4. The minimum atomic E-state index is -0.311. The van der Waals surface area contributed by atoms with E-state index in [1.54, 1.807) is 12.1 Å². The zero-order valence-electron chi connectivity index (χ0n) is 23.0. The van der Waals surface area contributed by atoms with Gasteiger partial charge in [0.25, 0.3) is 0 Å². The van der Waals surface area contributed by atoms with Crippen LogP contribution < -0.4 is 4.90 Å². The maximum Gasteiger partial charge on any atom is 0.410 e. The van der Waals surface area contributed by atoms with Crippen LogP contribution in [0.1, 0.15) is 40.7 Å². The molecule has 1 fully saturated rings. The predicted molar refractivity (Wildman–Crippen MR) is 155 cm³/mol. The van der Waals surface area contributed by atoms with Crippen molar-refractivity contribution in [2.24, 2.45) is 0 Å². The van der Waals surface area contributed by atoms with Crippen molar-refractivity contribution in [1.82, 2.24) is 15.1 Å². The number of para-hydroxylation sites is 1. The molecule has 7 nitrogen and oxygen atoms in total. The van der Waals surface area contributed by atoms with Gasteiger partial charge in [-0.2, -0.15) is 0 Å². The van der Waals surface area contributed by atoms with Crippen molar-refractivity contribution in [1.29, 1.82) is 0 Å². The van der Waals surface area contributed by atoms with Gasteiger partial charge >= 0.3 is 6.09 Å². The zero-order chi connectivity index (χ0) is 27.7. The Morgan fingerprint density at radius 2 is 1.73 bits per heavy atom. The zero-order valence-corrected chi connectivity index (χ0v) is 23.0. The molecule has 0 bridgehead atoms. The monoisotopic (exact) mass is 534 g/mol. The Balaban J connectivity index is 1.32. The molecule has 4 aromatic rings. The van der Waals surface area contributed by atoms with Gasteiger partial charge in [-0.15, -0.1) is 10.2 Å². The van der Waals surface area contributed by atoms with Crippen molar-refractivity contribution >= 4 is 11.9 Å². The van der Waals surface area contributed by atoms with Gasteiger partial charge in [-0.05, 0) is 67.1 Å². The highest BCUT2D eigenvalue weighted by Crippen LogP contribution is 2.47. The molecule has 0 radical (unpaired) electrons. The fourth-order valence-corrected chi connectivity index (χ4v) is 6.06. The van der Waals surface area contributed by atoms with Crippen LogP contribution in [0.5, 0.6) is 5.75 Å². The first-order valence-corrected chi connectivity index (χ1v) is 13.9. The van der Waals surface area contributed by atoms with Crippen LogP contribution in [0.2, 0.25) is 0 Å². The molecule has 0 aliphatic carbocycles. The number of phenols is 1. The van der Waals surface area contributed by atoms with Crippen LogP contribution >= 0.6 is 0 Å². The number of benzene rings is 3. The fraction of sp³-hybridized carbons (Fsp3) is 0.303. The van der Waals surface area contributed by atoms with Crippen molar-refractivity contribution in [3.63, 3.8) is 0 Å². The van der Waals surface area contributed by atoms with Gasteiger partial charge in [0.15, 0.2) is 5.82 Å². The molecule has 1 atom stereocenters. The van der Waals surface area contributed by atoms with Gasteiger partial charge in [0.05, 0.1) is 5.69 Å². The van der Waals surface area contributed by atoms with Crippen molar-refractivity contribution in [2.45, 2.75) is 45.3 Å². The van der Waals surface area contributed by atoms with Gasteiger partial charge in [-0.3, -0.25) is 0 Å². The lowest BCUT2D eigenvalue weighted by molar-refractivity contribution is 0.0742. The molecule has 7 heteroatoms. The van der Waals surface area contributed by atoms with E-state index in [9.17, 15) is 9.90 Å². The Morgan fingerprint density at radius 3 is 2.52 bits per heavy atom. The Kier molecular flexibility index (Phi) is 6.88. The Hall–Kier alpha value is -4.39. The first-order chi connectivity index (χ1) is 19.4. The minimum Gasteiger partial charge on any atom is -0.507 e. The van der Waals surface area contributed by atoms with Gasteiger partial charge in [0, 0.05) is 42.7 Å². The number of nitrogens with zero attached hydrogens (tertiary/aromatic N) is 4. The van der Waals surface area contributed by atoms with E-state index in [1.807, 2.05) is 47.4 Å². The number of aromatic hydroxyl groups is 1. The highest BCUT2D eigenvalue weighted by atomic mass is 16.6. The third kappa shape index (κ3) is 4.99. The summed E-state index contributed by atoms with van der Waals surface area (Å²) in [6.07, 6.45) is 1.50. The van der Waals surface area contributed by atoms with Gasteiger partial charge in [-0.1, -0.05) is 60.7 Å². The Labute approximate surface area is 235 Å². The highest BCUT2D eigenvalue weighted by Gasteiger charge is 2.48. The number of piperidine rings is 1. The molecule has 3 heterocycles. The Bertz CT molecular complexity index is 1540. The quantitative estimate of drug-likeness (QED) is 0.331. The molecular formula is C33H34N4O3. The van der Waals surface area contributed by atoms with Gasteiger partial charge in [-0.25, -0.2) is 4.79 Å². The van der Waals surface area contributed by atoms with Crippen molar-refractivity contribution in [3.05, 3.63) is 107 Å². The molecule has 1 N–H and O–H groups in total. The molecule has 0 saturated carbocycles. The average molecular weight is 535 g/mol. The fourth-order valence-electron chi connectivity index (χ4n) is 6.06. The topological polar surface area (TPSA) is 78.8 Å². The van der Waals surface area contributed by atoms with E-state index in [-0.39, 0.29) is 23.9 Å². The van der Waals surface area contributed by atoms with Crippen molar-refractivity contribution < 1.29 is 14.6 Å². The van der Waals surface area contributed by atoms with Gasteiger partial charge in [0.2, 0.25) is 0 Å². The summed E-state index contributed by atoms with van der Waals surface area (Å²) in [5.74, 6) is 1.02. The largest absolute Gasteiger partial charge is 0.507 e. The van der Waals surface area contributed by atoms with Crippen LogP contribution in [-0.2, 0) is 23.3 Å². The second-order valence-electron chi connectivity index (χ2n) is 11.1. The van der Waals surface area contributed by atoms with Crippen molar-refractivity contribution in [2.75, 3.05) is 24.5 Å². The third-order valence-electron chi connectivity index (χ3n) is 8.30. The number of aromatic nitrogens is 2. The summed E-state index contributed by atoms with van der Waals surface area (Å²) in [6, 6.07) is 25.6. The number of amides is 1. The molecule has 1 aromatic heterocycles. The van der Waals surface area contributed by atoms with Crippen LogP contribution in [0.3, 0.4) is 0 Å². The summed E-state index contributed by atoms with van der Waals surface area (Å²) in [7, 11) is 0. The van der Waals surface area contributed by atoms with Gasteiger partial charge < -0.3 is 19.6 Å². The molecule has 2 aliphatic rings. The van der Waals surface area contributed by atoms with Gasteiger partial charge in [0.1, 0.15) is 12.4 Å². The first kappa shape index (κ1) is 25.9. The molecule has 204 valence electrons. The van der Waals surface area contributed by atoms with Crippen LogP contribution in [0.4, 0.5) is 10.6 Å². The van der Waals surface area contributed by atoms with E-state index in [0.717, 1.165) is 36.3 Å². The lowest BCUT2D eigenvalue weighted by atomic mass is 9.76. The number of anilines is 1. The predicted octanol–water partition coefficient (Wildman–Crippen LogP) is 6.16. The van der Waals surface area contributed by atoms with E-state index in [4.69, 9.17) is 9.84 Å². The number of hydrogen-bond acceptors (Lipinski definition) is 6. The molecule has 1 saturated heterocycles. The summed E-state index contributed by atoms with van der Waals surface area (Å²) >= 11 is 0. The number of carbonyl (C=O) groups excluding carboxylic acids is 1. The molecule has 40 heavy (non-hydrogen) atoms. The first-order valence-electron chi connectivity index (χ1n) is 13.9. The number of hydrogen-bond donors (Lipinski definition) is 1. The van der Waals surface area contributed by atoms with E-state index < -0.39 is 0 Å². The van der Waals surface area contributed by atoms with Crippen LogP contribution in [-0.4, -0.2) is 45.9 Å². The number of aryl methyl sites for hydroxylation is 2. The summed E-state index contributed by atoms with van der Waals surface area (Å²) in [5.41, 5.74) is 6.76. The highest BCUT2D eigenvalue weighted by molar-refractivity contribution is 5.72. The number of phenolic OH excluding ortho intramolecular Hbond substituents is 1. The number of carbonyl (C=O) groups is 1. The van der Waals surface area contributed by atoms with E-state index in [1.165, 1.54) is 16.7 Å². The van der Waals surface area contributed by atoms with Crippen molar-refractivity contribution in [3.8, 4) is 17.0 Å². The number of ether oxygens (including phenoxy) is 1. The number of likely N-dealkylation sites (tertiary alicyclic amines) is 1. The summed E-state index contributed by atoms with van der Waals surface area (Å²) in [5, 5.41) is 19.8. The lowest BCUT2D eigenvalue weighted by Gasteiger charge is -2.40. The number of rotatable bonds is 5. The molecule has 6 rings (SSSR count). The molecule has 1 amide bonds. The second kappa shape index (κ2) is 10.6. The van der Waals surface area contributed by atoms with Crippen LogP contribution in [0.25, 0.3) is 11.3 Å². The minimum absolute atomic E-state index is 0.172. The smallest absolute Gasteiger partial charge is 0.410 e. The van der Waals surface area contributed by atoms with Crippen LogP contribution in [0.15, 0.2) is 78.9 Å². The third-order valence-corrected chi connectivity index (χ3v) is 8.30. The van der Waals surface area contributed by atoms with E-state index in [0.29, 0.717) is 30.9 Å². The summed E-state index contributed by atoms with van der Waals surface area (Å²) < 4.78 is 5.73. The maximum absolute atomic E-state index is 13.2. The lowest BCUT2D eigenvalue weighted by Crippen LogP contribution is -2.50. The summed E-state index contributed by atoms with van der Waals surface area (Å²) in [6.45, 7) is 7.16. The normalized spacial score (nSPS) is 18.1. The molecule has 2 aliphatic heterocycles. The molecular weight excluding hydrogens is 500 g/mol. The molecule has 1 unspecified atom stereocenters. The van der Waals surface area contributed by atoms with Crippen LogP contribution in [0, 0.1) is 13.8 Å². The Morgan fingerprint density at radius 1 is 0.925 bits per heavy atom. The SMILES string of the molecule is Cc1ccc(CN2CC3(CCCN(C(=O)OCc4ccccc4)C3)c3cc(-c4ccccc4O)nnc32)cc1C.